The van der Waals surface area contributed by atoms with Crippen molar-refractivity contribution in [1.82, 2.24) is 0 Å². The Labute approximate surface area is 47.8 Å². The summed E-state index contributed by atoms with van der Waals surface area (Å²) < 4.78 is 0. The van der Waals surface area contributed by atoms with Crippen molar-refractivity contribution in [2.45, 2.75) is 12.7 Å². The highest BCUT2D eigenvalue weighted by Crippen LogP contribution is 1.90. The van der Waals surface area contributed by atoms with Gasteiger partial charge in [-0.3, -0.25) is 4.84 Å². The Hall–Kier alpha value is 0.230. The van der Waals surface area contributed by atoms with Gasteiger partial charge in [0, 0.05) is 6.42 Å². The van der Waals surface area contributed by atoms with Crippen molar-refractivity contribution in [3.63, 3.8) is 0 Å². The summed E-state index contributed by atoms with van der Waals surface area (Å²) in [6.45, 7) is 0. The van der Waals surface area contributed by atoms with Crippen molar-refractivity contribution in [3.05, 3.63) is 0 Å². The zero-order valence-electron chi connectivity index (χ0n) is 3.87. The molecular formula is C3H9NO2S. The highest BCUT2D eigenvalue weighted by molar-refractivity contribution is 7.80. The Morgan fingerprint density at radius 3 is 2.57 bits per heavy atom. The van der Waals surface area contributed by atoms with Crippen LogP contribution in [0.15, 0.2) is 0 Å². The van der Waals surface area contributed by atoms with Crippen LogP contribution in [0.4, 0.5) is 0 Å². The largest absolute Gasteiger partial charge is 0.366 e. The highest BCUT2D eigenvalue weighted by atomic mass is 32.1. The molecule has 0 aromatic heterocycles. The van der Waals surface area contributed by atoms with E-state index in [0.717, 1.165) is 0 Å². The van der Waals surface area contributed by atoms with Crippen LogP contribution < -0.4 is 5.90 Å². The van der Waals surface area contributed by atoms with Gasteiger partial charge in [-0.1, -0.05) is 0 Å². The van der Waals surface area contributed by atoms with Crippen LogP contribution in [0.5, 0.6) is 0 Å². The van der Waals surface area contributed by atoms with E-state index in [1.54, 1.807) is 0 Å². The minimum atomic E-state index is -0.850. The zero-order chi connectivity index (χ0) is 5.70. The van der Waals surface area contributed by atoms with Crippen LogP contribution in [-0.2, 0) is 4.84 Å². The van der Waals surface area contributed by atoms with Crippen LogP contribution in [0.25, 0.3) is 0 Å². The van der Waals surface area contributed by atoms with E-state index in [1.165, 1.54) is 0 Å². The van der Waals surface area contributed by atoms with E-state index in [4.69, 9.17) is 5.11 Å². The molecule has 0 heterocycles. The molecule has 1 atom stereocenters. The lowest BCUT2D eigenvalue weighted by Gasteiger charge is -2.02. The summed E-state index contributed by atoms with van der Waals surface area (Å²) in [5, 5.41) is 8.46. The van der Waals surface area contributed by atoms with Gasteiger partial charge in [0.1, 0.15) is 0 Å². The summed E-state index contributed by atoms with van der Waals surface area (Å²) >= 11 is 3.82. The van der Waals surface area contributed by atoms with Gasteiger partial charge in [-0.05, 0) is 5.75 Å². The third kappa shape index (κ3) is 4.08. The van der Waals surface area contributed by atoms with E-state index in [0.29, 0.717) is 12.2 Å². The van der Waals surface area contributed by atoms with Gasteiger partial charge in [0.05, 0.1) is 0 Å². The molecule has 0 bridgehead atoms. The van der Waals surface area contributed by atoms with Crippen molar-refractivity contribution in [1.29, 1.82) is 0 Å². The van der Waals surface area contributed by atoms with Crippen LogP contribution in [0.3, 0.4) is 0 Å². The van der Waals surface area contributed by atoms with E-state index >= 15 is 0 Å². The molecule has 0 amide bonds. The Morgan fingerprint density at radius 1 is 1.86 bits per heavy atom. The van der Waals surface area contributed by atoms with Gasteiger partial charge in [-0.25, -0.2) is 5.90 Å². The van der Waals surface area contributed by atoms with Gasteiger partial charge in [0.2, 0.25) is 0 Å². The second-order valence-electron chi connectivity index (χ2n) is 1.10. The minimum Gasteiger partial charge on any atom is -0.366 e. The average Bonchev–Trinajstić information content (AvgIpc) is 1.68. The number of thiol groups is 1. The summed E-state index contributed by atoms with van der Waals surface area (Å²) in [7, 11) is 0. The van der Waals surface area contributed by atoms with Crippen LogP contribution in [-0.4, -0.2) is 17.1 Å². The number of aliphatic hydroxyl groups excluding tert-OH is 1. The van der Waals surface area contributed by atoms with Crippen LogP contribution in [0, 0.1) is 0 Å². The summed E-state index contributed by atoms with van der Waals surface area (Å²) in [6, 6.07) is 0. The van der Waals surface area contributed by atoms with Gasteiger partial charge in [-0.2, -0.15) is 12.6 Å². The maximum atomic E-state index is 8.46. The van der Waals surface area contributed by atoms with Gasteiger partial charge in [0.15, 0.2) is 6.29 Å². The molecule has 0 saturated carbocycles. The molecule has 0 fully saturated rings. The monoisotopic (exact) mass is 123 g/mol. The van der Waals surface area contributed by atoms with Crippen molar-refractivity contribution in [3.8, 4) is 0 Å². The quantitative estimate of drug-likeness (QED) is 0.270. The fraction of sp³-hybridized carbons (Fsp3) is 1.00. The summed E-state index contributed by atoms with van der Waals surface area (Å²) in [4.78, 5) is 4.00. The van der Waals surface area contributed by atoms with E-state index in [-0.39, 0.29) is 0 Å². The molecule has 1 unspecified atom stereocenters. The normalized spacial score (nSPS) is 14.1. The number of aliphatic hydroxyl groups is 1. The van der Waals surface area contributed by atoms with Crippen LogP contribution >= 0.6 is 12.6 Å². The van der Waals surface area contributed by atoms with E-state index in [2.05, 4.69) is 23.4 Å². The topological polar surface area (TPSA) is 55.5 Å². The Bertz CT molecular complexity index is 43.9. The summed E-state index contributed by atoms with van der Waals surface area (Å²) in [5.74, 6) is 5.16. The van der Waals surface area contributed by atoms with Gasteiger partial charge < -0.3 is 5.11 Å². The maximum Gasteiger partial charge on any atom is 0.174 e. The number of rotatable bonds is 3. The van der Waals surface area contributed by atoms with Crippen molar-refractivity contribution < 1.29 is 9.94 Å². The van der Waals surface area contributed by atoms with Crippen LogP contribution in [0.2, 0.25) is 0 Å². The standard InChI is InChI=1S/C3H9NO2S/c4-6-3(5)1-2-7/h3,5,7H,1-2,4H2. The van der Waals surface area contributed by atoms with Gasteiger partial charge in [0.25, 0.3) is 0 Å². The predicted octanol–water partition coefficient (Wildman–Crippen LogP) is -0.485. The Balaban J connectivity index is 2.83. The Morgan fingerprint density at radius 2 is 2.43 bits per heavy atom. The molecule has 0 aliphatic rings. The molecule has 0 aromatic rings. The van der Waals surface area contributed by atoms with Crippen molar-refractivity contribution in [2.24, 2.45) is 5.90 Å². The average molecular weight is 123 g/mol. The molecule has 0 aliphatic carbocycles. The molecule has 0 radical (unpaired) electrons. The first-order valence-corrected chi connectivity index (χ1v) is 2.59. The molecule has 0 saturated heterocycles. The van der Waals surface area contributed by atoms with E-state index in [1.807, 2.05) is 0 Å². The summed E-state index contributed by atoms with van der Waals surface area (Å²) in [6.07, 6.45) is -0.378. The molecule has 3 nitrogen and oxygen atoms in total. The number of hydrogen-bond acceptors (Lipinski definition) is 4. The van der Waals surface area contributed by atoms with Crippen molar-refractivity contribution >= 4 is 12.6 Å². The smallest absolute Gasteiger partial charge is 0.174 e. The zero-order valence-corrected chi connectivity index (χ0v) is 4.77. The Kier molecular flexibility index (Phi) is 4.53. The first-order valence-electron chi connectivity index (χ1n) is 1.95. The first kappa shape index (κ1) is 7.23. The lowest BCUT2D eigenvalue weighted by Crippen LogP contribution is -2.16. The molecule has 0 aliphatic heterocycles. The maximum absolute atomic E-state index is 8.46. The van der Waals surface area contributed by atoms with Gasteiger partial charge in [-0.15, -0.1) is 0 Å². The predicted molar refractivity (Wildman–Crippen MR) is 29.7 cm³/mol. The fourth-order valence-electron chi connectivity index (χ4n) is 0.178. The minimum absolute atomic E-state index is 0.472. The second-order valence-corrected chi connectivity index (χ2v) is 1.55. The van der Waals surface area contributed by atoms with Gasteiger partial charge >= 0.3 is 0 Å². The lowest BCUT2D eigenvalue weighted by atomic mass is 10.5. The first-order chi connectivity index (χ1) is 3.31. The fourth-order valence-corrected chi connectivity index (χ4v) is 0.399. The molecular weight excluding hydrogens is 114 g/mol. The second kappa shape index (κ2) is 4.39. The van der Waals surface area contributed by atoms with Crippen molar-refractivity contribution in [2.75, 3.05) is 5.75 Å². The molecule has 0 spiro atoms. The van der Waals surface area contributed by atoms with E-state index in [9.17, 15) is 0 Å². The molecule has 44 valence electrons. The summed E-state index contributed by atoms with van der Waals surface area (Å²) in [5.41, 5.74) is 0. The molecule has 4 heteroatoms. The molecule has 7 heavy (non-hydrogen) atoms. The molecule has 3 N–H and O–H groups in total. The third-order valence-corrected chi connectivity index (χ3v) is 0.791. The lowest BCUT2D eigenvalue weighted by molar-refractivity contribution is -0.102. The number of hydrogen-bond donors (Lipinski definition) is 3. The molecule has 0 rings (SSSR count). The molecule has 0 aromatic carbocycles. The third-order valence-electron chi connectivity index (χ3n) is 0.533. The van der Waals surface area contributed by atoms with E-state index < -0.39 is 6.29 Å². The SMILES string of the molecule is NOC(O)CCS. The van der Waals surface area contributed by atoms with Crippen LogP contribution in [0.1, 0.15) is 6.42 Å². The highest BCUT2D eigenvalue weighted by Gasteiger charge is 1.96. The number of nitrogens with two attached hydrogens (primary N) is 1.